The van der Waals surface area contributed by atoms with Gasteiger partial charge in [-0.1, -0.05) is 54.6 Å². The molecule has 4 N–H and O–H groups in total. The fourth-order valence-corrected chi connectivity index (χ4v) is 3.47. The van der Waals surface area contributed by atoms with Crippen molar-refractivity contribution in [3.63, 3.8) is 0 Å². The van der Waals surface area contributed by atoms with Crippen LogP contribution in [0.2, 0.25) is 0 Å². The van der Waals surface area contributed by atoms with Crippen molar-refractivity contribution in [2.24, 2.45) is 0 Å². The molecule has 5 heteroatoms. The maximum Gasteiger partial charge on any atom is 0.165 e. The summed E-state index contributed by atoms with van der Waals surface area (Å²) in [7, 11) is 0. The van der Waals surface area contributed by atoms with Crippen LogP contribution >= 0.6 is 12.6 Å². The van der Waals surface area contributed by atoms with Gasteiger partial charge < -0.3 is 20.4 Å². The molecule has 0 aliphatic heterocycles. The topological polar surface area (TPSA) is 80.9 Å². The van der Waals surface area contributed by atoms with Gasteiger partial charge in [-0.2, -0.15) is 12.6 Å². The van der Waals surface area contributed by atoms with Crippen LogP contribution in [0.3, 0.4) is 0 Å². The fraction of sp³-hybridized carbons (Fsp3) is 0.200. The van der Waals surface area contributed by atoms with Gasteiger partial charge in [0.1, 0.15) is 6.10 Å². The summed E-state index contributed by atoms with van der Waals surface area (Å²) in [5.41, 5.74) is 1.84. The lowest BCUT2D eigenvalue weighted by atomic mass is 9.87. The van der Waals surface area contributed by atoms with E-state index in [2.05, 4.69) is 12.6 Å². The molecule has 4 nitrogen and oxygen atoms in total. The van der Waals surface area contributed by atoms with Gasteiger partial charge in [0, 0.05) is 10.6 Å². The first-order valence-electron chi connectivity index (χ1n) is 8.01. The van der Waals surface area contributed by atoms with Crippen LogP contribution in [0, 0.1) is 0 Å². The number of benzene rings is 3. The molecule has 0 spiro atoms. The Morgan fingerprint density at radius 3 is 2.20 bits per heavy atom. The molecule has 3 aromatic rings. The van der Waals surface area contributed by atoms with E-state index in [1.54, 1.807) is 12.1 Å². The molecule has 0 amide bonds. The van der Waals surface area contributed by atoms with Gasteiger partial charge in [0.15, 0.2) is 11.5 Å². The molecular weight excluding hydrogens is 336 g/mol. The third kappa shape index (κ3) is 3.58. The highest BCUT2D eigenvalue weighted by atomic mass is 32.1. The minimum atomic E-state index is -0.750. The first kappa shape index (κ1) is 17.6. The third-order valence-corrected chi connectivity index (χ3v) is 4.87. The number of hydrogen-bond donors (Lipinski definition) is 5. The van der Waals surface area contributed by atoms with Crippen LogP contribution in [0.1, 0.15) is 28.9 Å². The number of aromatic hydroxyl groups is 2. The van der Waals surface area contributed by atoms with E-state index in [4.69, 9.17) is 5.11 Å². The van der Waals surface area contributed by atoms with Crippen LogP contribution in [0.5, 0.6) is 11.5 Å². The molecule has 0 aromatic heterocycles. The van der Waals surface area contributed by atoms with Gasteiger partial charge in [-0.15, -0.1) is 0 Å². The van der Waals surface area contributed by atoms with Gasteiger partial charge in [0.25, 0.3) is 0 Å². The molecule has 130 valence electrons. The average molecular weight is 356 g/mol. The van der Waals surface area contributed by atoms with Crippen LogP contribution in [-0.4, -0.2) is 26.5 Å². The van der Waals surface area contributed by atoms with Gasteiger partial charge in [0.2, 0.25) is 0 Å². The van der Waals surface area contributed by atoms with Crippen molar-refractivity contribution in [3.8, 4) is 11.5 Å². The van der Waals surface area contributed by atoms with E-state index in [1.807, 2.05) is 42.5 Å². The van der Waals surface area contributed by atoms with Crippen LogP contribution in [0.15, 0.2) is 60.7 Å². The van der Waals surface area contributed by atoms with E-state index < -0.39 is 12.2 Å². The summed E-state index contributed by atoms with van der Waals surface area (Å²) >= 11 is 4.37. The van der Waals surface area contributed by atoms with Gasteiger partial charge in [-0.05, 0) is 29.0 Å². The lowest BCUT2D eigenvalue weighted by Gasteiger charge is -2.30. The Balaban J connectivity index is 0.000000146. The summed E-state index contributed by atoms with van der Waals surface area (Å²) in [6, 6.07) is 18.2. The Morgan fingerprint density at radius 1 is 0.800 bits per heavy atom. The summed E-state index contributed by atoms with van der Waals surface area (Å²) in [5.74, 6) is -0.123. The molecule has 0 heterocycles. The van der Waals surface area contributed by atoms with Gasteiger partial charge in [-0.3, -0.25) is 0 Å². The Labute approximate surface area is 151 Å². The van der Waals surface area contributed by atoms with Crippen molar-refractivity contribution in [1.82, 2.24) is 0 Å². The molecule has 0 saturated carbocycles. The Bertz CT molecular complexity index is 880. The molecule has 0 saturated heterocycles. The van der Waals surface area contributed by atoms with Crippen LogP contribution in [0.4, 0.5) is 0 Å². The van der Waals surface area contributed by atoms with Crippen molar-refractivity contribution >= 4 is 23.4 Å². The number of thiol groups is 1. The molecule has 1 aliphatic carbocycles. The highest BCUT2D eigenvalue weighted by Gasteiger charge is 2.30. The highest BCUT2D eigenvalue weighted by molar-refractivity contribution is 7.80. The molecule has 1 aliphatic rings. The average Bonchev–Trinajstić information content (AvgIpc) is 2.64. The number of phenols is 2. The van der Waals surface area contributed by atoms with Gasteiger partial charge in [0.05, 0.1) is 6.10 Å². The second kappa shape index (κ2) is 7.35. The first-order valence-corrected chi connectivity index (χ1v) is 8.53. The maximum atomic E-state index is 9.66. The zero-order valence-corrected chi connectivity index (χ0v) is 14.3. The van der Waals surface area contributed by atoms with E-state index in [-0.39, 0.29) is 16.7 Å². The predicted molar refractivity (Wildman–Crippen MR) is 101 cm³/mol. The van der Waals surface area contributed by atoms with E-state index in [1.165, 1.54) is 6.07 Å². The maximum absolute atomic E-state index is 9.66. The van der Waals surface area contributed by atoms with Crippen molar-refractivity contribution in [2.45, 2.75) is 23.9 Å². The molecule has 3 atom stereocenters. The number of aliphatic hydroxyl groups is 2. The molecule has 3 aromatic carbocycles. The predicted octanol–water partition coefficient (Wildman–Crippen LogP) is 3.71. The van der Waals surface area contributed by atoms with Crippen molar-refractivity contribution in [3.05, 3.63) is 71.8 Å². The molecule has 0 fully saturated rings. The van der Waals surface area contributed by atoms with Crippen LogP contribution in [0.25, 0.3) is 10.8 Å². The van der Waals surface area contributed by atoms with E-state index in [0.29, 0.717) is 11.8 Å². The second-order valence-electron chi connectivity index (χ2n) is 6.05. The van der Waals surface area contributed by atoms with Crippen LogP contribution in [-0.2, 0) is 0 Å². The van der Waals surface area contributed by atoms with E-state index >= 15 is 0 Å². The van der Waals surface area contributed by atoms with E-state index in [0.717, 1.165) is 16.5 Å². The normalized spacial score (nSPS) is 22.0. The number of rotatable bonds is 0. The lowest BCUT2D eigenvalue weighted by molar-refractivity contribution is 0.00597. The quantitative estimate of drug-likeness (QED) is 0.314. The summed E-state index contributed by atoms with van der Waals surface area (Å²) < 4.78 is 0. The monoisotopic (exact) mass is 356 g/mol. The molecule has 0 radical (unpaired) electrons. The first-order chi connectivity index (χ1) is 12.0. The summed E-state index contributed by atoms with van der Waals surface area (Å²) in [6.07, 6.45) is -0.918. The minimum Gasteiger partial charge on any atom is -0.504 e. The fourth-order valence-electron chi connectivity index (χ4n) is 3.02. The summed E-state index contributed by atoms with van der Waals surface area (Å²) in [4.78, 5) is 0. The molecule has 3 unspecified atom stereocenters. The number of fused-ring (bicyclic) bond motifs is 2. The largest absolute Gasteiger partial charge is 0.504 e. The number of phenolic OH excluding ortho intramolecular Hbond substituents is 2. The smallest absolute Gasteiger partial charge is 0.165 e. The van der Waals surface area contributed by atoms with Gasteiger partial charge in [-0.25, -0.2) is 0 Å². The van der Waals surface area contributed by atoms with Gasteiger partial charge >= 0.3 is 0 Å². The Kier molecular flexibility index (Phi) is 5.18. The van der Waals surface area contributed by atoms with Crippen molar-refractivity contribution in [1.29, 1.82) is 0 Å². The summed E-state index contributed by atoms with van der Waals surface area (Å²) in [6.45, 7) is 0. The SMILES string of the molecule is OC1CC(S)c2ccccc2C1O.Oc1ccc2ccccc2c1O. The third-order valence-electron chi connectivity index (χ3n) is 4.38. The van der Waals surface area contributed by atoms with Crippen LogP contribution < -0.4 is 0 Å². The van der Waals surface area contributed by atoms with E-state index in [9.17, 15) is 15.3 Å². The van der Waals surface area contributed by atoms with Crippen molar-refractivity contribution in [2.75, 3.05) is 0 Å². The minimum absolute atomic E-state index is 0.0367. The zero-order valence-electron chi connectivity index (χ0n) is 13.4. The molecule has 0 bridgehead atoms. The zero-order chi connectivity index (χ0) is 18.0. The lowest BCUT2D eigenvalue weighted by Crippen LogP contribution is -2.26. The molecular formula is C20H20O4S. The standard InChI is InChI=1S/C10H12O2S.C10H8O2/c11-8-5-9(13)6-3-1-2-4-7(6)10(8)12;11-9-6-5-7-3-1-2-4-8(7)10(9)12/h1-4,8-13H,5H2;1-6,11-12H. The highest BCUT2D eigenvalue weighted by Crippen LogP contribution is 2.39. The Morgan fingerprint density at radius 2 is 1.44 bits per heavy atom. The summed E-state index contributed by atoms with van der Waals surface area (Å²) in [5, 5.41) is 39.4. The molecule has 25 heavy (non-hydrogen) atoms. The van der Waals surface area contributed by atoms with Crippen molar-refractivity contribution < 1.29 is 20.4 Å². The number of hydrogen-bond acceptors (Lipinski definition) is 5. The number of aliphatic hydroxyl groups excluding tert-OH is 2. The Hall–Kier alpha value is -2.21. The second-order valence-corrected chi connectivity index (χ2v) is 6.67. The molecule has 4 rings (SSSR count).